The number of likely N-dealkylation sites (N-methyl/N-ethyl adjacent to an activating group) is 1. The molecule has 1 aliphatic carbocycles. The monoisotopic (exact) mass is 508 g/mol. The zero-order chi connectivity index (χ0) is 24.8. The lowest BCUT2D eigenvalue weighted by Gasteiger charge is -2.52. The molecule has 12 heteroatoms. The van der Waals surface area contributed by atoms with Crippen molar-refractivity contribution >= 4 is 27.3 Å². The second-order valence-electron chi connectivity index (χ2n) is 9.63. The van der Waals surface area contributed by atoms with Gasteiger partial charge in [-0.05, 0) is 56.3 Å². The number of rotatable bonds is 6. The number of halogens is 3. The van der Waals surface area contributed by atoms with Crippen molar-refractivity contribution in [2.75, 3.05) is 39.0 Å². The van der Waals surface area contributed by atoms with Crippen molar-refractivity contribution < 1.29 is 22.7 Å². The molecule has 1 saturated carbocycles. The van der Waals surface area contributed by atoms with Gasteiger partial charge in [-0.25, -0.2) is 9.50 Å². The van der Waals surface area contributed by atoms with Gasteiger partial charge < -0.3 is 15.0 Å². The second-order valence-corrected chi connectivity index (χ2v) is 10.6. The molecule has 0 unspecified atom stereocenters. The van der Waals surface area contributed by atoms with Crippen molar-refractivity contribution in [2.45, 2.75) is 38.1 Å². The molecule has 3 aromatic rings. The smallest absolute Gasteiger partial charge is 0.406 e. The van der Waals surface area contributed by atoms with Crippen LogP contribution in [0.5, 0.6) is 5.75 Å². The molecule has 2 aliphatic rings. The molecule has 2 aromatic heterocycles. The minimum Gasteiger partial charge on any atom is -0.406 e. The number of hydrogen-bond acceptors (Lipinski definition) is 7. The van der Waals surface area contributed by atoms with Gasteiger partial charge in [0.1, 0.15) is 5.75 Å². The number of nitrogens with zero attached hydrogens (tertiary/aromatic N) is 5. The van der Waals surface area contributed by atoms with Gasteiger partial charge >= 0.3 is 6.36 Å². The van der Waals surface area contributed by atoms with Crippen LogP contribution in [0.2, 0.25) is 0 Å². The summed E-state index contributed by atoms with van der Waals surface area (Å²) in [6.45, 7) is 2.37. The Bertz CT molecular complexity index is 1210. The van der Waals surface area contributed by atoms with Gasteiger partial charge in [-0.3, -0.25) is 9.69 Å². The highest BCUT2D eigenvalue weighted by molar-refractivity contribution is 7.20. The molecule has 35 heavy (non-hydrogen) atoms. The van der Waals surface area contributed by atoms with E-state index in [1.165, 1.54) is 29.5 Å². The van der Waals surface area contributed by atoms with E-state index in [1.807, 2.05) is 0 Å². The van der Waals surface area contributed by atoms with Crippen molar-refractivity contribution in [3.8, 4) is 17.0 Å². The topological polar surface area (TPSA) is 75.0 Å². The zero-order valence-corrected chi connectivity index (χ0v) is 20.3. The summed E-state index contributed by atoms with van der Waals surface area (Å²) in [7, 11) is 3.57. The fourth-order valence-electron chi connectivity index (χ4n) is 4.99. The highest BCUT2D eigenvalue weighted by Crippen LogP contribution is 2.50. The average Bonchev–Trinajstić information content (AvgIpc) is 3.33. The predicted molar refractivity (Wildman–Crippen MR) is 126 cm³/mol. The lowest BCUT2D eigenvalue weighted by molar-refractivity contribution is -0.274. The van der Waals surface area contributed by atoms with Gasteiger partial charge in [-0.15, -0.1) is 18.3 Å². The van der Waals surface area contributed by atoms with Crippen LogP contribution in [-0.4, -0.2) is 76.4 Å². The molecule has 3 heterocycles. The number of benzene rings is 1. The Kier molecular flexibility index (Phi) is 6.12. The molecule has 1 aliphatic heterocycles. The Labute approximate surface area is 204 Å². The summed E-state index contributed by atoms with van der Waals surface area (Å²) in [5, 5.41) is 8.86. The van der Waals surface area contributed by atoms with Gasteiger partial charge in [0, 0.05) is 25.7 Å². The number of anilines is 1. The fraction of sp³-hybridized carbons (Fsp3) is 0.522. The molecule has 1 saturated heterocycles. The number of piperidine rings is 1. The first-order valence-corrected chi connectivity index (χ1v) is 12.3. The number of fused-ring (bicyclic) bond motifs is 1. The minimum absolute atomic E-state index is 0.141. The lowest BCUT2D eigenvalue weighted by Crippen LogP contribution is -2.52. The Morgan fingerprint density at radius 1 is 1.29 bits per heavy atom. The number of likely N-dealkylation sites (tertiary alicyclic amines) is 1. The third kappa shape index (κ3) is 5.22. The summed E-state index contributed by atoms with van der Waals surface area (Å²) < 4.78 is 43.4. The van der Waals surface area contributed by atoms with Crippen molar-refractivity contribution in [1.82, 2.24) is 24.4 Å². The molecule has 1 aromatic carbocycles. The predicted octanol–water partition coefficient (Wildman–Crippen LogP) is 4.10. The number of nitrogens with one attached hydrogen (secondary N) is 1. The normalized spacial score (nSPS) is 18.5. The lowest BCUT2D eigenvalue weighted by atomic mass is 9.60. The first kappa shape index (κ1) is 23.9. The number of hydrogen-bond donors (Lipinski definition) is 1. The molecule has 0 bridgehead atoms. The van der Waals surface area contributed by atoms with Crippen LogP contribution >= 0.6 is 11.3 Å². The Hall–Kier alpha value is -2.86. The number of ether oxygens (including phenoxy) is 1. The number of imidazole rings is 1. The summed E-state index contributed by atoms with van der Waals surface area (Å²) in [6.07, 6.45) is 1.16. The van der Waals surface area contributed by atoms with E-state index < -0.39 is 6.36 Å². The number of amides is 1. The molecule has 2 fully saturated rings. The van der Waals surface area contributed by atoms with E-state index >= 15 is 0 Å². The largest absolute Gasteiger partial charge is 0.573 e. The van der Waals surface area contributed by atoms with Crippen LogP contribution in [0.15, 0.2) is 30.5 Å². The van der Waals surface area contributed by atoms with Crippen molar-refractivity contribution in [3.05, 3.63) is 30.5 Å². The van der Waals surface area contributed by atoms with Crippen LogP contribution in [0.3, 0.4) is 0 Å². The van der Waals surface area contributed by atoms with E-state index in [0.717, 1.165) is 43.9 Å². The summed E-state index contributed by atoms with van der Waals surface area (Å²) in [5.41, 5.74) is 1.47. The zero-order valence-electron chi connectivity index (χ0n) is 19.5. The molecule has 0 atom stereocenters. The molecular formula is C23H27F3N6O2S. The fourth-order valence-corrected chi connectivity index (χ4v) is 5.84. The second kappa shape index (κ2) is 8.98. The molecular weight excluding hydrogens is 481 g/mol. The summed E-state index contributed by atoms with van der Waals surface area (Å²) in [6, 6.07) is 6.13. The molecule has 0 radical (unpaired) electrons. The molecule has 188 valence electrons. The first-order chi connectivity index (χ1) is 16.6. The minimum atomic E-state index is -4.75. The van der Waals surface area contributed by atoms with Crippen LogP contribution in [0.4, 0.5) is 18.3 Å². The SMILES string of the molecule is CN(C)C(=O)CN1CCC2(CC1)CC(Nc1nn3c(-c4cccc(OC(F)(F)F)c4)cnc3s1)C2. The number of alkyl halides is 3. The maximum Gasteiger partial charge on any atom is 0.573 e. The van der Waals surface area contributed by atoms with E-state index in [4.69, 9.17) is 0 Å². The van der Waals surface area contributed by atoms with Crippen LogP contribution < -0.4 is 10.1 Å². The average molecular weight is 509 g/mol. The molecule has 8 nitrogen and oxygen atoms in total. The summed E-state index contributed by atoms with van der Waals surface area (Å²) >= 11 is 1.42. The number of aromatic nitrogens is 3. The van der Waals surface area contributed by atoms with Gasteiger partial charge in [0.15, 0.2) is 0 Å². The van der Waals surface area contributed by atoms with Gasteiger partial charge in [-0.2, -0.15) is 0 Å². The van der Waals surface area contributed by atoms with Crippen molar-refractivity contribution in [2.24, 2.45) is 5.41 Å². The van der Waals surface area contributed by atoms with Gasteiger partial charge in [0.05, 0.1) is 18.4 Å². The standard InChI is InChI=1S/C23H27F3N6O2S/c1-30(2)19(33)14-31-8-6-22(7-9-31)11-16(12-22)28-20-29-32-18(13-27-21(32)35-20)15-4-3-5-17(10-15)34-23(24,25)26/h3-5,10,13,16H,6-9,11-12,14H2,1-2H3,(H,28,29). The van der Waals surface area contributed by atoms with Gasteiger partial charge in [-0.1, -0.05) is 23.5 Å². The molecule has 5 rings (SSSR count). The summed E-state index contributed by atoms with van der Waals surface area (Å²) in [5.74, 6) is -0.141. The van der Waals surface area contributed by atoms with Crippen molar-refractivity contribution in [1.29, 1.82) is 0 Å². The summed E-state index contributed by atoms with van der Waals surface area (Å²) in [4.78, 5) is 20.9. The van der Waals surface area contributed by atoms with E-state index in [1.54, 1.807) is 35.8 Å². The van der Waals surface area contributed by atoms with Crippen LogP contribution in [0, 0.1) is 5.41 Å². The molecule has 1 spiro atoms. The molecule has 1 amide bonds. The number of carbonyl (C=O) groups excluding carboxylic acids is 1. The van der Waals surface area contributed by atoms with Gasteiger partial charge in [0.25, 0.3) is 0 Å². The Morgan fingerprint density at radius 3 is 2.71 bits per heavy atom. The maximum atomic E-state index is 12.6. The third-order valence-corrected chi connectivity index (χ3v) is 7.76. The third-order valence-electron chi connectivity index (χ3n) is 6.91. The molecule has 1 N–H and O–H groups in total. The Morgan fingerprint density at radius 2 is 2.03 bits per heavy atom. The highest BCUT2D eigenvalue weighted by Gasteiger charge is 2.46. The van der Waals surface area contributed by atoms with E-state index in [2.05, 4.69) is 25.0 Å². The quantitative estimate of drug-likeness (QED) is 0.541. The van der Waals surface area contributed by atoms with E-state index in [0.29, 0.717) is 34.2 Å². The van der Waals surface area contributed by atoms with Crippen LogP contribution in [0.1, 0.15) is 25.7 Å². The number of carbonyl (C=O) groups is 1. The van der Waals surface area contributed by atoms with Crippen LogP contribution in [0.25, 0.3) is 16.2 Å². The van der Waals surface area contributed by atoms with Crippen LogP contribution in [-0.2, 0) is 4.79 Å². The maximum absolute atomic E-state index is 12.6. The Balaban J connectivity index is 1.19. The van der Waals surface area contributed by atoms with Gasteiger partial charge in [0.2, 0.25) is 16.0 Å². The van der Waals surface area contributed by atoms with E-state index in [9.17, 15) is 18.0 Å². The van der Waals surface area contributed by atoms with E-state index in [-0.39, 0.29) is 11.7 Å². The van der Waals surface area contributed by atoms with Crippen molar-refractivity contribution in [3.63, 3.8) is 0 Å². The highest BCUT2D eigenvalue weighted by atomic mass is 32.1. The first-order valence-electron chi connectivity index (χ1n) is 11.5.